The number of nitrogens with zero attached hydrogens (tertiary/aromatic N) is 2. The molecule has 0 aliphatic rings. The standard InChI is InChI=1S/C8H4BrClN2O/c9-7-1-4-6(3-12-7)11-2-5(10)8(4)13/h1-3H,(H,11,13). The Bertz CT molecular complexity index is 470. The van der Waals surface area contributed by atoms with Gasteiger partial charge in [-0.05, 0) is 22.0 Å². The van der Waals surface area contributed by atoms with Crippen LogP contribution in [0.1, 0.15) is 0 Å². The molecule has 66 valence electrons. The van der Waals surface area contributed by atoms with Gasteiger partial charge in [-0.1, -0.05) is 11.6 Å². The second-order valence-electron chi connectivity index (χ2n) is 2.48. The Morgan fingerprint density at radius 1 is 1.31 bits per heavy atom. The number of rotatable bonds is 0. The first-order valence-electron chi connectivity index (χ1n) is 3.47. The van der Waals surface area contributed by atoms with Crippen molar-refractivity contribution < 1.29 is 5.11 Å². The first kappa shape index (κ1) is 8.72. The van der Waals surface area contributed by atoms with Crippen molar-refractivity contribution in [1.82, 2.24) is 9.97 Å². The van der Waals surface area contributed by atoms with Crippen molar-refractivity contribution in [3.05, 3.63) is 28.1 Å². The van der Waals surface area contributed by atoms with E-state index in [1.807, 2.05) is 0 Å². The molecule has 0 aliphatic carbocycles. The van der Waals surface area contributed by atoms with E-state index >= 15 is 0 Å². The van der Waals surface area contributed by atoms with Crippen LogP contribution in [0.3, 0.4) is 0 Å². The second-order valence-corrected chi connectivity index (χ2v) is 3.70. The third-order valence-electron chi connectivity index (χ3n) is 1.65. The molecule has 0 bridgehead atoms. The van der Waals surface area contributed by atoms with E-state index in [-0.39, 0.29) is 10.8 Å². The maximum Gasteiger partial charge on any atom is 0.145 e. The van der Waals surface area contributed by atoms with E-state index in [1.54, 1.807) is 12.3 Å². The molecule has 1 N–H and O–H groups in total. The molecule has 0 saturated heterocycles. The molecule has 2 heterocycles. The normalized spacial score (nSPS) is 10.6. The van der Waals surface area contributed by atoms with E-state index in [1.165, 1.54) is 6.20 Å². The van der Waals surface area contributed by atoms with Crippen molar-refractivity contribution in [2.45, 2.75) is 0 Å². The minimum Gasteiger partial charge on any atom is -0.506 e. The zero-order chi connectivity index (χ0) is 9.42. The van der Waals surface area contributed by atoms with Crippen LogP contribution in [0, 0.1) is 0 Å². The summed E-state index contributed by atoms with van der Waals surface area (Å²) in [7, 11) is 0. The van der Waals surface area contributed by atoms with Crippen LogP contribution < -0.4 is 0 Å². The van der Waals surface area contributed by atoms with Gasteiger partial charge in [-0.3, -0.25) is 4.98 Å². The predicted octanol–water partition coefficient (Wildman–Crippen LogP) is 2.75. The van der Waals surface area contributed by atoms with Gasteiger partial charge in [0.15, 0.2) is 0 Å². The Hall–Kier alpha value is -0.870. The molecule has 2 aromatic rings. The van der Waals surface area contributed by atoms with Crippen LogP contribution in [-0.4, -0.2) is 15.1 Å². The number of aromatic nitrogens is 2. The van der Waals surface area contributed by atoms with Gasteiger partial charge in [-0.25, -0.2) is 4.98 Å². The minimum atomic E-state index is 0.0368. The highest BCUT2D eigenvalue weighted by Crippen LogP contribution is 2.31. The van der Waals surface area contributed by atoms with Gasteiger partial charge in [-0.2, -0.15) is 0 Å². The Morgan fingerprint density at radius 2 is 2.08 bits per heavy atom. The van der Waals surface area contributed by atoms with Gasteiger partial charge in [0, 0.05) is 5.39 Å². The van der Waals surface area contributed by atoms with Crippen molar-refractivity contribution in [2.24, 2.45) is 0 Å². The Labute approximate surface area is 87.5 Å². The van der Waals surface area contributed by atoms with Gasteiger partial charge >= 0.3 is 0 Å². The molecule has 3 nitrogen and oxygen atoms in total. The maximum absolute atomic E-state index is 9.56. The molecule has 0 saturated carbocycles. The maximum atomic E-state index is 9.56. The first-order chi connectivity index (χ1) is 6.18. The van der Waals surface area contributed by atoms with Crippen molar-refractivity contribution >= 4 is 38.4 Å². The molecule has 5 heteroatoms. The van der Waals surface area contributed by atoms with Crippen LogP contribution in [0.25, 0.3) is 10.9 Å². The quantitative estimate of drug-likeness (QED) is 0.740. The largest absolute Gasteiger partial charge is 0.506 e. The Balaban J connectivity index is 2.89. The molecule has 0 aliphatic heterocycles. The van der Waals surface area contributed by atoms with E-state index in [0.29, 0.717) is 15.5 Å². The fraction of sp³-hybridized carbons (Fsp3) is 0. The molecule has 0 atom stereocenters. The Kier molecular flexibility index (Phi) is 2.09. The second kappa shape index (κ2) is 3.12. The van der Waals surface area contributed by atoms with Crippen molar-refractivity contribution in [3.63, 3.8) is 0 Å². The van der Waals surface area contributed by atoms with Crippen LogP contribution in [0.15, 0.2) is 23.1 Å². The molecule has 2 rings (SSSR count). The van der Waals surface area contributed by atoms with Crippen LogP contribution in [0.4, 0.5) is 0 Å². The lowest BCUT2D eigenvalue weighted by molar-refractivity contribution is 0.481. The molecule has 0 amide bonds. The highest BCUT2D eigenvalue weighted by Gasteiger charge is 2.06. The predicted molar refractivity (Wildman–Crippen MR) is 53.9 cm³/mol. The molecule has 0 radical (unpaired) electrons. The minimum absolute atomic E-state index is 0.0368. The average molecular weight is 259 g/mol. The fourth-order valence-corrected chi connectivity index (χ4v) is 1.51. The van der Waals surface area contributed by atoms with Gasteiger partial charge < -0.3 is 5.11 Å². The number of fused-ring (bicyclic) bond motifs is 1. The van der Waals surface area contributed by atoms with Gasteiger partial charge in [0.25, 0.3) is 0 Å². The van der Waals surface area contributed by atoms with E-state index in [9.17, 15) is 5.11 Å². The summed E-state index contributed by atoms with van der Waals surface area (Å²) >= 11 is 8.89. The third-order valence-corrected chi connectivity index (χ3v) is 2.36. The van der Waals surface area contributed by atoms with E-state index < -0.39 is 0 Å². The summed E-state index contributed by atoms with van der Waals surface area (Å²) in [5.41, 5.74) is 0.616. The molecule has 0 aromatic carbocycles. The van der Waals surface area contributed by atoms with E-state index in [4.69, 9.17) is 11.6 Å². The van der Waals surface area contributed by atoms with Gasteiger partial charge in [0.2, 0.25) is 0 Å². The summed E-state index contributed by atoms with van der Waals surface area (Å²) in [6, 6.07) is 1.67. The lowest BCUT2D eigenvalue weighted by Crippen LogP contribution is -1.83. The lowest BCUT2D eigenvalue weighted by atomic mass is 10.2. The number of hydrogen-bond donors (Lipinski definition) is 1. The SMILES string of the molecule is Oc1c(Cl)cnc2cnc(Br)cc12. The fourth-order valence-electron chi connectivity index (χ4n) is 1.03. The van der Waals surface area contributed by atoms with Gasteiger partial charge in [-0.15, -0.1) is 0 Å². The summed E-state index contributed by atoms with van der Waals surface area (Å²) in [5, 5.41) is 10.4. The van der Waals surface area contributed by atoms with Crippen LogP contribution in [0.2, 0.25) is 5.02 Å². The smallest absolute Gasteiger partial charge is 0.145 e. The summed E-state index contributed by atoms with van der Waals surface area (Å²) < 4.78 is 0.638. The lowest BCUT2D eigenvalue weighted by Gasteiger charge is -2.01. The summed E-state index contributed by atoms with van der Waals surface area (Å²) in [5.74, 6) is 0.0368. The number of pyridine rings is 2. The monoisotopic (exact) mass is 258 g/mol. The number of aromatic hydroxyl groups is 1. The third kappa shape index (κ3) is 1.47. The molecule has 0 spiro atoms. The molecular weight excluding hydrogens is 255 g/mol. The van der Waals surface area contributed by atoms with Crippen LogP contribution >= 0.6 is 27.5 Å². The van der Waals surface area contributed by atoms with Crippen LogP contribution in [-0.2, 0) is 0 Å². The molecule has 2 aromatic heterocycles. The summed E-state index contributed by atoms with van der Waals surface area (Å²) in [6.07, 6.45) is 2.96. The molecular formula is C8H4BrClN2O. The highest BCUT2D eigenvalue weighted by atomic mass is 79.9. The van der Waals surface area contributed by atoms with Crippen LogP contribution in [0.5, 0.6) is 5.75 Å². The van der Waals surface area contributed by atoms with Crippen molar-refractivity contribution in [2.75, 3.05) is 0 Å². The zero-order valence-corrected chi connectivity index (χ0v) is 8.67. The first-order valence-corrected chi connectivity index (χ1v) is 4.64. The summed E-state index contributed by atoms with van der Waals surface area (Å²) in [6.45, 7) is 0. The van der Waals surface area contributed by atoms with E-state index in [2.05, 4.69) is 25.9 Å². The summed E-state index contributed by atoms with van der Waals surface area (Å²) in [4.78, 5) is 7.99. The topological polar surface area (TPSA) is 46.0 Å². The zero-order valence-electron chi connectivity index (χ0n) is 6.33. The van der Waals surface area contributed by atoms with Crippen molar-refractivity contribution in [3.8, 4) is 5.75 Å². The Morgan fingerprint density at radius 3 is 2.85 bits per heavy atom. The molecule has 13 heavy (non-hydrogen) atoms. The average Bonchev–Trinajstić information content (AvgIpc) is 2.12. The van der Waals surface area contributed by atoms with Gasteiger partial charge in [0.05, 0.1) is 17.9 Å². The number of hydrogen-bond acceptors (Lipinski definition) is 3. The molecule has 0 unspecified atom stereocenters. The van der Waals surface area contributed by atoms with Gasteiger partial charge in [0.1, 0.15) is 15.4 Å². The van der Waals surface area contributed by atoms with E-state index in [0.717, 1.165) is 0 Å². The van der Waals surface area contributed by atoms with Crippen molar-refractivity contribution in [1.29, 1.82) is 0 Å². The highest BCUT2D eigenvalue weighted by molar-refractivity contribution is 9.10. The number of halogens is 2. The molecule has 0 fully saturated rings.